The SMILES string of the molecule is O=C(/C=C/C1=Cc2ccccc2OC1)c1cccc(F)c1. The fourth-order valence-corrected chi connectivity index (χ4v) is 2.15. The summed E-state index contributed by atoms with van der Waals surface area (Å²) in [7, 11) is 0. The summed E-state index contributed by atoms with van der Waals surface area (Å²) < 4.78 is 18.7. The van der Waals surface area contributed by atoms with Gasteiger partial charge in [0.25, 0.3) is 0 Å². The molecule has 0 saturated carbocycles. The van der Waals surface area contributed by atoms with Gasteiger partial charge in [0.15, 0.2) is 5.78 Å². The zero-order chi connectivity index (χ0) is 14.7. The lowest BCUT2D eigenvalue weighted by Gasteiger charge is -2.15. The second-order valence-electron chi connectivity index (χ2n) is 4.75. The molecule has 3 heteroatoms. The Morgan fingerprint density at radius 3 is 2.86 bits per heavy atom. The lowest BCUT2D eigenvalue weighted by molar-refractivity contribution is 0.104. The number of ketones is 1. The molecule has 0 atom stereocenters. The number of carbonyl (C=O) groups is 1. The Kier molecular flexibility index (Phi) is 3.65. The molecule has 0 amide bonds. The van der Waals surface area contributed by atoms with Crippen molar-refractivity contribution in [1.29, 1.82) is 0 Å². The number of halogens is 1. The Balaban J connectivity index is 1.78. The number of rotatable bonds is 3. The number of ether oxygens (including phenoxy) is 1. The van der Waals surface area contributed by atoms with Gasteiger partial charge in [0, 0.05) is 11.1 Å². The van der Waals surface area contributed by atoms with Crippen molar-refractivity contribution in [3.05, 3.63) is 83.2 Å². The standard InChI is InChI=1S/C18H13FO2/c19-16-6-3-5-14(11-16)17(20)9-8-13-10-15-4-1-2-7-18(15)21-12-13/h1-11H,12H2/b9-8+. The first kappa shape index (κ1) is 13.3. The largest absolute Gasteiger partial charge is 0.488 e. The van der Waals surface area contributed by atoms with E-state index in [1.54, 1.807) is 12.1 Å². The van der Waals surface area contributed by atoms with Gasteiger partial charge >= 0.3 is 0 Å². The fourth-order valence-electron chi connectivity index (χ4n) is 2.15. The van der Waals surface area contributed by atoms with E-state index < -0.39 is 5.82 Å². The Morgan fingerprint density at radius 2 is 2.00 bits per heavy atom. The normalized spacial score (nSPS) is 13.5. The zero-order valence-corrected chi connectivity index (χ0v) is 11.3. The van der Waals surface area contributed by atoms with E-state index in [9.17, 15) is 9.18 Å². The fraction of sp³-hybridized carbons (Fsp3) is 0.0556. The van der Waals surface area contributed by atoms with E-state index in [1.165, 1.54) is 24.3 Å². The molecule has 3 rings (SSSR count). The minimum atomic E-state index is -0.414. The summed E-state index contributed by atoms with van der Waals surface area (Å²) in [6.07, 6.45) is 5.13. The van der Waals surface area contributed by atoms with Crippen molar-refractivity contribution >= 4 is 11.9 Å². The highest BCUT2D eigenvalue weighted by atomic mass is 19.1. The highest BCUT2D eigenvalue weighted by molar-refractivity contribution is 6.04. The third kappa shape index (κ3) is 3.08. The number of carbonyl (C=O) groups excluding carboxylic acids is 1. The molecule has 1 aliphatic rings. The van der Waals surface area contributed by atoms with Crippen LogP contribution in [0.1, 0.15) is 15.9 Å². The molecule has 2 aromatic carbocycles. The molecule has 1 heterocycles. The first-order valence-electron chi connectivity index (χ1n) is 6.63. The molecule has 0 aromatic heterocycles. The molecule has 2 aromatic rings. The summed E-state index contributed by atoms with van der Waals surface area (Å²) in [6, 6.07) is 13.4. The Labute approximate surface area is 122 Å². The van der Waals surface area contributed by atoms with E-state index in [0.29, 0.717) is 12.2 Å². The smallest absolute Gasteiger partial charge is 0.185 e. The molecule has 0 spiro atoms. The van der Waals surface area contributed by atoms with Crippen molar-refractivity contribution in [2.45, 2.75) is 0 Å². The van der Waals surface area contributed by atoms with Crippen LogP contribution in [0.5, 0.6) is 5.75 Å². The highest BCUT2D eigenvalue weighted by Crippen LogP contribution is 2.26. The van der Waals surface area contributed by atoms with Gasteiger partial charge < -0.3 is 4.74 Å². The summed E-state index contributed by atoms with van der Waals surface area (Å²) in [6.45, 7) is 0.421. The number of allylic oxidation sites excluding steroid dienone is 1. The molecular weight excluding hydrogens is 267 g/mol. The summed E-state index contributed by atoms with van der Waals surface area (Å²) in [5, 5.41) is 0. The summed E-state index contributed by atoms with van der Waals surface area (Å²) in [4.78, 5) is 12.0. The van der Waals surface area contributed by atoms with Crippen LogP contribution < -0.4 is 4.74 Å². The number of para-hydroxylation sites is 1. The lowest BCUT2D eigenvalue weighted by atomic mass is 10.1. The molecule has 0 N–H and O–H groups in total. The van der Waals surface area contributed by atoms with Crippen LogP contribution in [0.2, 0.25) is 0 Å². The molecule has 104 valence electrons. The molecule has 0 unspecified atom stereocenters. The third-order valence-corrected chi connectivity index (χ3v) is 3.21. The quantitative estimate of drug-likeness (QED) is 0.626. The molecule has 0 radical (unpaired) electrons. The Hall–Kier alpha value is -2.68. The van der Waals surface area contributed by atoms with Gasteiger partial charge in [0.05, 0.1) is 0 Å². The van der Waals surface area contributed by atoms with Gasteiger partial charge in [-0.25, -0.2) is 4.39 Å². The zero-order valence-electron chi connectivity index (χ0n) is 11.3. The van der Waals surface area contributed by atoms with Crippen molar-refractivity contribution in [3.63, 3.8) is 0 Å². The monoisotopic (exact) mass is 280 g/mol. The number of hydrogen-bond donors (Lipinski definition) is 0. The van der Waals surface area contributed by atoms with E-state index in [4.69, 9.17) is 4.74 Å². The molecule has 2 nitrogen and oxygen atoms in total. The topological polar surface area (TPSA) is 26.3 Å². The van der Waals surface area contributed by atoms with Crippen LogP contribution in [0.25, 0.3) is 6.08 Å². The Morgan fingerprint density at radius 1 is 1.14 bits per heavy atom. The van der Waals surface area contributed by atoms with Crippen LogP contribution in [0.4, 0.5) is 4.39 Å². The predicted octanol–water partition coefficient (Wildman–Crippen LogP) is 4.04. The van der Waals surface area contributed by atoms with Crippen molar-refractivity contribution < 1.29 is 13.9 Å². The van der Waals surface area contributed by atoms with Crippen LogP contribution in [0, 0.1) is 5.82 Å². The minimum absolute atomic E-state index is 0.228. The highest BCUT2D eigenvalue weighted by Gasteiger charge is 2.09. The second-order valence-corrected chi connectivity index (χ2v) is 4.75. The summed E-state index contributed by atoms with van der Waals surface area (Å²) in [5.74, 6) is 0.198. The maximum atomic E-state index is 13.1. The van der Waals surface area contributed by atoms with E-state index in [1.807, 2.05) is 30.3 Å². The lowest BCUT2D eigenvalue weighted by Crippen LogP contribution is -2.06. The van der Waals surface area contributed by atoms with E-state index in [-0.39, 0.29) is 5.78 Å². The van der Waals surface area contributed by atoms with Crippen molar-refractivity contribution in [1.82, 2.24) is 0 Å². The molecule has 0 bridgehead atoms. The van der Waals surface area contributed by atoms with Crippen LogP contribution in [-0.4, -0.2) is 12.4 Å². The maximum absolute atomic E-state index is 13.1. The Bertz CT molecular complexity index is 744. The van der Waals surface area contributed by atoms with Gasteiger partial charge in [-0.1, -0.05) is 36.4 Å². The average molecular weight is 280 g/mol. The summed E-state index contributed by atoms with van der Waals surface area (Å²) in [5.41, 5.74) is 2.23. The van der Waals surface area contributed by atoms with Gasteiger partial charge in [0.2, 0.25) is 0 Å². The number of benzene rings is 2. The van der Waals surface area contributed by atoms with Gasteiger partial charge in [-0.05, 0) is 35.9 Å². The van der Waals surface area contributed by atoms with Crippen LogP contribution in [0.15, 0.2) is 66.3 Å². The number of fused-ring (bicyclic) bond motifs is 1. The maximum Gasteiger partial charge on any atom is 0.185 e. The molecule has 21 heavy (non-hydrogen) atoms. The minimum Gasteiger partial charge on any atom is -0.488 e. The van der Waals surface area contributed by atoms with Crippen LogP contribution in [-0.2, 0) is 0 Å². The first-order valence-corrected chi connectivity index (χ1v) is 6.63. The number of hydrogen-bond acceptors (Lipinski definition) is 2. The van der Waals surface area contributed by atoms with Crippen LogP contribution >= 0.6 is 0 Å². The van der Waals surface area contributed by atoms with Crippen LogP contribution in [0.3, 0.4) is 0 Å². The van der Waals surface area contributed by atoms with Gasteiger partial charge in [-0.15, -0.1) is 0 Å². The molecule has 1 aliphatic heterocycles. The molecule has 0 saturated heterocycles. The second kappa shape index (κ2) is 5.75. The molecular formula is C18H13FO2. The van der Waals surface area contributed by atoms with Gasteiger partial charge in [-0.3, -0.25) is 4.79 Å². The first-order chi connectivity index (χ1) is 10.2. The van der Waals surface area contributed by atoms with Gasteiger partial charge in [-0.2, -0.15) is 0 Å². The predicted molar refractivity (Wildman–Crippen MR) is 79.8 cm³/mol. The van der Waals surface area contributed by atoms with Crippen molar-refractivity contribution in [2.75, 3.05) is 6.61 Å². The third-order valence-electron chi connectivity index (χ3n) is 3.21. The summed E-state index contributed by atoms with van der Waals surface area (Å²) >= 11 is 0. The van der Waals surface area contributed by atoms with E-state index >= 15 is 0 Å². The molecule has 0 fully saturated rings. The molecule has 0 aliphatic carbocycles. The average Bonchev–Trinajstić information content (AvgIpc) is 2.52. The van der Waals surface area contributed by atoms with E-state index in [0.717, 1.165) is 16.9 Å². The van der Waals surface area contributed by atoms with Gasteiger partial charge in [0.1, 0.15) is 18.2 Å². The van der Waals surface area contributed by atoms with Crippen molar-refractivity contribution in [2.24, 2.45) is 0 Å². The van der Waals surface area contributed by atoms with E-state index in [2.05, 4.69) is 0 Å². The van der Waals surface area contributed by atoms with Crippen molar-refractivity contribution in [3.8, 4) is 5.75 Å².